The van der Waals surface area contributed by atoms with E-state index in [1.807, 2.05) is 19.1 Å². The topological polar surface area (TPSA) is 54.0 Å². The minimum absolute atomic E-state index is 0.108. The number of nitrogens with one attached hydrogen (secondary N) is 2. The predicted octanol–water partition coefficient (Wildman–Crippen LogP) is 2.82. The molecule has 2 unspecified atom stereocenters. The highest BCUT2D eigenvalue weighted by molar-refractivity contribution is 5.93. The average Bonchev–Trinajstić information content (AvgIpc) is 2.42. The lowest BCUT2D eigenvalue weighted by atomic mass is 9.86. The minimum Gasteiger partial charge on any atom is -0.382 e. The van der Waals surface area contributed by atoms with Gasteiger partial charge in [-0.25, -0.2) is 0 Å². The molecule has 1 saturated carbocycles. The number of carbonyl (C=O) groups excluding carboxylic acids is 1. The summed E-state index contributed by atoms with van der Waals surface area (Å²) in [6.45, 7) is 4.82. The maximum atomic E-state index is 11.8. The number of hydrogen-bond acceptors (Lipinski definition) is 3. The Morgan fingerprint density at radius 1 is 1.42 bits per heavy atom. The summed E-state index contributed by atoms with van der Waals surface area (Å²) >= 11 is 0. The SMILES string of the molecule is CCNC(=O)c1cc(NC2CCCCC2C)ccn1. The standard InChI is InChI=1S/C15H23N3O/c1-3-16-15(19)14-10-12(8-9-17-14)18-13-7-5-4-6-11(13)2/h8-11,13H,3-7H2,1-2H3,(H,16,19)(H,17,18). The third-order valence-electron chi connectivity index (χ3n) is 3.79. The molecule has 2 N–H and O–H groups in total. The Morgan fingerprint density at radius 3 is 2.95 bits per heavy atom. The Bertz CT molecular complexity index is 433. The third kappa shape index (κ3) is 3.69. The molecule has 1 amide bonds. The molecule has 1 heterocycles. The van der Waals surface area contributed by atoms with E-state index in [4.69, 9.17) is 0 Å². The van der Waals surface area contributed by atoms with Crippen molar-refractivity contribution in [3.05, 3.63) is 24.0 Å². The van der Waals surface area contributed by atoms with Crippen molar-refractivity contribution in [2.45, 2.75) is 45.6 Å². The van der Waals surface area contributed by atoms with Crippen molar-refractivity contribution < 1.29 is 4.79 Å². The third-order valence-corrected chi connectivity index (χ3v) is 3.79. The lowest BCUT2D eigenvalue weighted by molar-refractivity contribution is 0.0951. The smallest absolute Gasteiger partial charge is 0.269 e. The summed E-state index contributed by atoms with van der Waals surface area (Å²) in [5.41, 5.74) is 1.48. The van der Waals surface area contributed by atoms with Gasteiger partial charge in [-0.05, 0) is 37.8 Å². The Morgan fingerprint density at radius 2 is 2.21 bits per heavy atom. The predicted molar refractivity (Wildman–Crippen MR) is 77.3 cm³/mol. The van der Waals surface area contributed by atoms with E-state index in [0.717, 1.165) is 5.69 Å². The summed E-state index contributed by atoms with van der Waals surface area (Å²) < 4.78 is 0. The molecule has 0 bridgehead atoms. The van der Waals surface area contributed by atoms with Crippen LogP contribution in [0.15, 0.2) is 18.3 Å². The first kappa shape index (κ1) is 13.8. The molecule has 1 aromatic rings. The van der Waals surface area contributed by atoms with Crippen LogP contribution in [0.1, 0.15) is 50.0 Å². The molecule has 0 aliphatic heterocycles. The number of rotatable bonds is 4. The van der Waals surface area contributed by atoms with Crippen LogP contribution in [0.3, 0.4) is 0 Å². The van der Waals surface area contributed by atoms with Crippen LogP contribution in [0.25, 0.3) is 0 Å². The van der Waals surface area contributed by atoms with Crippen LogP contribution in [0.4, 0.5) is 5.69 Å². The molecular formula is C15H23N3O. The van der Waals surface area contributed by atoms with Gasteiger partial charge in [0, 0.05) is 24.5 Å². The first-order chi connectivity index (χ1) is 9.20. The summed E-state index contributed by atoms with van der Waals surface area (Å²) in [7, 11) is 0. The second-order valence-corrected chi connectivity index (χ2v) is 5.30. The van der Waals surface area contributed by atoms with Crippen LogP contribution in [-0.4, -0.2) is 23.5 Å². The van der Waals surface area contributed by atoms with E-state index >= 15 is 0 Å². The normalized spacial score (nSPS) is 22.8. The van der Waals surface area contributed by atoms with E-state index in [1.165, 1.54) is 25.7 Å². The van der Waals surface area contributed by atoms with Gasteiger partial charge in [0.2, 0.25) is 0 Å². The van der Waals surface area contributed by atoms with Crippen LogP contribution in [0.5, 0.6) is 0 Å². The summed E-state index contributed by atoms with van der Waals surface area (Å²) in [6, 6.07) is 4.29. The molecule has 0 aromatic carbocycles. The van der Waals surface area contributed by atoms with Gasteiger partial charge in [-0.2, -0.15) is 0 Å². The van der Waals surface area contributed by atoms with Gasteiger partial charge in [0.1, 0.15) is 5.69 Å². The van der Waals surface area contributed by atoms with Gasteiger partial charge in [-0.15, -0.1) is 0 Å². The van der Waals surface area contributed by atoms with Crippen molar-refractivity contribution in [2.24, 2.45) is 5.92 Å². The number of pyridine rings is 1. The van der Waals surface area contributed by atoms with Gasteiger partial charge in [0.15, 0.2) is 0 Å². The maximum Gasteiger partial charge on any atom is 0.269 e. The van der Waals surface area contributed by atoms with Crippen LogP contribution >= 0.6 is 0 Å². The highest BCUT2D eigenvalue weighted by Crippen LogP contribution is 2.26. The zero-order valence-corrected chi connectivity index (χ0v) is 11.8. The monoisotopic (exact) mass is 261 g/mol. The molecule has 0 spiro atoms. The van der Waals surface area contributed by atoms with Gasteiger partial charge in [0.25, 0.3) is 5.91 Å². The van der Waals surface area contributed by atoms with Gasteiger partial charge in [-0.3, -0.25) is 9.78 Å². The molecule has 0 radical (unpaired) electrons. The van der Waals surface area contributed by atoms with Crippen LogP contribution < -0.4 is 10.6 Å². The number of aromatic nitrogens is 1. The molecule has 4 nitrogen and oxygen atoms in total. The van der Waals surface area contributed by atoms with Crippen LogP contribution in [0, 0.1) is 5.92 Å². The average molecular weight is 261 g/mol. The van der Waals surface area contributed by atoms with Crippen molar-refractivity contribution in [3.8, 4) is 0 Å². The van der Waals surface area contributed by atoms with E-state index in [0.29, 0.717) is 24.2 Å². The number of carbonyl (C=O) groups is 1. The molecule has 4 heteroatoms. The van der Waals surface area contributed by atoms with Crippen molar-refractivity contribution in [1.29, 1.82) is 0 Å². The van der Waals surface area contributed by atoms with Crippen molar-refractivity contribution in [3.63, 3.8) is 0 Å². The molecule has 19 heavy (non-hydrogen) atoms. The lowest BCUT2D eigenvalue weighted by Gasteiger charge is -2.30. The van der Waals surface area contributed by atoms with E-state index in [2.05, 4.69) is 22.5 Å². The molecule has 2 rings (SSSR count). The Balaban J connectivity index is 2.04. The molecule has 104 valence electrons. The fourth-order valence-electron chi connectivity index (χ4n) is 2.64. The quantitative estimate of drug-likeness (QED) is 0.876. The van der Waals surface area contributed by atoms with Gasteiger partial charge < -0.3 is 10.6 Å². The van der Waals surface area contributed by atoms with Gasteiger partial charge >= 0.3 is 0 Å². The summed E-state index contributed by atoms with van der Waals surface area (Å²) in [6.07, 6.45) is 6.81. The van der Waals surface area contributed by atoms with Crippen molar-refractivity contribution in [2.75, 3.05) is 11.9 Å². The Labute approximate surface area is 115 Å². The van der Waals surface area contributed by atoms with Gasteiger partial charge in [0.05, 0.1) is 0 Å². The second kappa shape index (κ2) is 6.55. The zero-order chi connectivity index (χ0) is 13.7. The van der Waals surface area contributed by atoms with E-state index in [1.54, 1.807) is 6.20 Å². The lowest BCUT2D eigenvalue weighted by Crippen LogP contribution is -2.30. The number of anilines is 1. The van der Waals surface area contributed by atoms with Crippen molar-refractivity contribution >= 4 is 11.6 Å². The van der Waals surface area contributed by atoms with Crippen LogP contribution in [-0.2, 0) is 0 Å². The molecule has 1 aliphatic rings. The second-order valence-electron chi connectivity index (χ2n) is 5.30. The van der Waals surface area contributed by atoms with E-state index in [-0.39, 0.29) is 5.91 Å². The molecule has 2 atom stereocenters. The molecule has 1 aliphatic carbocycles. The number of nitrogens with zero attached hydrogens (tertiary/aromatic N) is 1. The van der Waals surface area contributed by atoms with E-state index < -0.39 is 0 Å². The molecule has 0 saturated heterocycles. The number of hydrogen-bond donors (Lipinski definition) is 2. The highest BCUT2D eigenvalue weighted by Gasteiger charge is 2.21. The summed E-state index contributed by atoms with van der Waals surface area (Å²) in [5, 5.41) is 6.32. The minimum atomic E-state index is -0.108. The van der Waals surface area contributed by atoms with Crippen LogP contribution in [0.2, 0.25) is 0 Å². The van der Waals surface area contributed by atoms with Gasteiger partial charge in [-0.1, -0.05) is 19.8 Å². The number of amides is 1. The fourth-order valence-corrected chi connectivity index (χ4v) is 2.64. The molecule has 1 aromatic heterocycles. The zero-order valence-electron chi connectivity index (χ0n) is 11.8. The fraction of sp³-hybridized carbons (Fsp3) is 0.600. The summed E-state index contributed by atoms with van der Waals surface area (Å²) in [4.78, 5) is 15.9. The highest BCUT2D eigenvalue weighted by atomic mass is 16.1. The Hall–Kier alpha value is -1.58. The van der Waals surface area contributed by atoms with Crippen molar-refractivity contribution in [1.82, 2.24) is 10.3 Å². The maximum absolute atomic E-state index is 11.8. The molecule has 1 fully saturated rings. The van der Waals surface area contributed by atoms with E-state index in [9.17, 15) is 4.79 Å². The summed E-state index contributed by atoms with van der Waals surface area (Å²) in [5.74, 6) is 0.581. The largest absolute Gasteiger partial charge is 0.382 e. The first-order valence-electron chi connectivity index (χ1n) is 7.21. The molecular weight excluding hydrogens is 238 g/mol. The Kier molecular flexibility index (Phi) is 4.77. The first-order valence-corrected chi connectivity index (χ1v) is 7.21.